The van der Waals surface area contributed by atoms with Crippen molar-refractivity contribution in [3.05, 3.63) is 63.7 Å². The first-order valence-corrected chi connectivity index (χ1v) is 11.2. The highest BCUT2D eigenvalue weighted by Gasteiger charge is 2.19. The van der Waals surface area contributed by atoms with Crippen LogP contribution in [0.1, 0.15) is 47.4 Å². The quantitative estimate of drug-likeness (QED) is 0.0926. The van der Waals surface area contributed by atoms with Crippen molar-refractivity contribution < 1.29 is 52.8 Å². The van der Waals surface area contributed by atoms with E-state index in [1.165, 1.54) is 50.2 Å². The summed E-state index contributed by atoms with van der Waals surface area (Å²) in [4.78, 5) is 62.4. The van der Waals surface area contributed by atoms with Crippen LogP contribution < -0.4 is 19.9 Å². The van der Waals surface area contributed by atoms with Gasteiger partial charge in [0, 0.05) is 6.92 Å². The average Bonchev–Trinajstić information content (AvgIpc) is 2.86. The molecule has 0 amide bonds. The molecule has 0 aliphatic heterocycles. The van der Waals surface area contributed by atoms with Crippen molar-refractivity contribution in [2.45, 2.75) is 32.7 Å². The van der Waals surface area contributed by atoms with Crippen LogP contribution in [0, 0.1) is 10.1 Å². The molecule has 0 unspecified atom stereocenters. The molecule has 0 aliphatic carbocycles. The van der Waals surface area contributed by atoms with Crippen LogP contribution in [0.3, 0.4) is 0 Å². The summed E-state index contributed by atoms with van der Waals surface area (Å²) in [7, 11) is 0. The molecule has 0 saturated carbocycles. The average molecular weight is 534 g/mol. The first-order chi connectivity index (χ1) is 18.1. The third-order valence-electron chi connectivity index (χ3n) is 4.50. The van der Waals surface area contributed by atoms with Gasteiger partial charge in [0.25, 0.3) is 5.09 Å². The Kier molecular flexibility index (Phi) is 11.5. The summed E-state index contributed by atoms with van der Waals surface area (Å²) < 4.78 is 25.6. The molecule has 0 bridgehead atoms. The lowest BCUT2D eigenvalue weighted by atomic mass is 10.2. The summed E-state index contributed by atoms with van der Waals surface area (Å²) in [5.74, 6) is -3.25. The number of carbonyl (C=O) groups is 4. The molecule has 14 heteroatoms. The van der Waals surface area contributed by atoms with Crippen LogP contribution >= 0.6 is 0 Å². The zero-order valence-electron chi connectivity index (χ0n) is 20.6. The molecule has 2 aromatic rings. The molecule has 1 atom stereocenters. The first-order valence-electron chi connectivity index (χ1n) is 11.2. The predicted molar refractivity (Wildman–Crippen MR) is 127 cm³/mol. The van der Waals surface area contributed by atoms with E-state index in [-0.39, 0.29) is 41.6 Å². The van der Waals surface area contributed by atoms with Gasteiger partial charge in [-0.1, -0.05) is 12.1 Å². The van der Waals surface area contributed by atoms with Gasteiger partial charge in [0.2, 0.25) is 6.79 Å². The number of esters is 4. The summed E-state index contributed by atoms with van der Waals surface area (Å²) in [5, 5.41) is 9.27. The van der Waals surface area contributed by atoms with Crippen molar-refractivity contribution in [2.24, 2.45) is 5.73 Å². The van der Waals surface area contributed by atoms with Crippen molar-refractivity contribution >= 4 is 23.9 Å². The summed E-state index contributed by atoms with van der Waals surface area (Å²) in [6.07, 6.45) is 0.731. The Morgan fingerprint density at radius 1 is 0.921 bits per heavy atom. The fraction of sp³-hybridized carbons (Fsp3) is 0.333. The van der Waals surface area contributed by atoms with Gasteiger partial charge in [0.1, 0.15) is 17.4 Å². The second-order valence-electron chi connectivity index (χ2n) is 7.55. The molecule has 204 valence electrons. The van der Waals surface area contributed by atoms with Crippen LogP contribution in [0.2, 0.25) is 0 Å². The van der Waals surface area contributed by atoms with Crippen molar-refractivity contribution in [1.82, 2.24) is 0 Å². The predicted octanol–water partition coefficient (Wildman–Crippen LogP) is 2.20. The maximum atomic E-state index is 12.5. The van der Waals surface area contributed by atoms with E-state index < -0.39 is 41.8 Å². The normalized spacial score (nSPS) is 11.0. The third kappa shape index (κ3) is 9.73. The smallest absolute Gasteiger partial charge is 0.344 e. The Morgan fingerprint density at radius 3 is 2.29 bits per heavy atom. The Bertz CT molecular complexity index is 1160. The third-order valence-corrected chi connectivity index (χ3v) is 4.50. The standard InChI is InChI=1S/C24H26N2O12/c1-15(25)22(28)38-21-13-17(9-10-20(21)33-11-5-6-12-36-26(31)32)23(29)34-14-35-24(30)18-7-3-4-8-19(18)37-16(2)27/h3-4,7-10,13,15H,5-6,11-12,14,25H2,1-2H3/t15-/m0/s1. The lowest BCUT2D eigenvalue weighted by Crippen LogP contribution is -2.31. The van der Waals surface area contributed by atoms with Crippen LogP contribution in [0.4, 0.5) is 0 Å². The molecule has 2 N–H and O–H groups in total. The summed E-state index contributed by atoms with van der Waals surface area (Å²) in [6.45, 7) is 1.83. The van der Waals surface area contributed by atoms with Crippen molar-refractivity contribution in [3.8, 4) is 17.2 Å². The van der Waals surface area contributed by atoms with E-state index in [0.717, 1.165) is 0 Å². The van der Waals surface area contributed by atoms with E-state index in [1.54, 1.807) is 6.07 Å². The monoisotopic (exact) mass is 534 g/mol. The number of nitrogens with zero attached hydrogens (tertiary/aromatic N) is 1. The molecule has 0 aromatic heterocycles. The van der Waals surface area contributed by atoms with E-state index in [4.69, 9.17) is 29.4 Å². The number of benzene rings is 2. The minimum absolute atomic E-state index is 0.0159. The summed E-state index contributed by atoms with van der Waals surface area (Å²) in [6, 6.07) is 8.77. The topological polar surface area (TPSA) is 193 Å². The molecule has 14 nitrogen and oxygen atoms in total. The Morgan fingerprint density at radius 2 is 1.61 bits per heavy atom. The second-order valence-corrected chi connectivity index (χ2v) is 7.55. The summed E-state index contributed by atoms with van der Waals surface area (Å²) >= 11 is 0. The van der Waals surface area contributed by atoms with E-state index in [2.05, 4.69) is 4.84 Å². The van der Waals surface area contributed by atoms with E-state index >= 15 is 0 Å². The largest absolute Gasteiger partial charge is 0.490 e. The first kappa shape index (κ1) is 29.5. The lowest BCUT2D eigenvalue weighted by molar-refractivity contribution is -0.757. The number of nitrogens with two attached hydrogens (primary N) is 1. The highest BCUT2D eigenvalue weighted by molar-refractivity contribution is 5.94. The molecule has 0 saturated heterocycles. The molecule has 0 aliphatic rings. The highest BCUT2D eigenvalue weighted by Crippen LogP contribution is 2.29. The zero-order valence-corrected chi connectivity index (χ0v) is 20.6. The van der Waals surface area contributed by atoms with Crippen LogP contribution in [-0.4, -0.2) is 55.0 Å². The molecule has 0 fully saturated rings. The zero-order chi connectivity index (χ0) is 28.1. The van der Waals surface area contributed by atoms with Gasteiger partial charge in [-0.25, -0.2) is 14.4 Å². The molecule has 38 heavy (non-hydrogen) atoms. The van der Waals surface area contributed by atoms with Gasteiger partial charge < -0.3 is 34.3 Å². The van der Waals surface area contributed by atoms with Crippen molar-refractivity contribution in [3.63, 3.8) is 0 Å². The number of unbranched alkanes of at least 4 members (excludes halogenated alkanes) is 1. The molecular weight excluding hydrogens is 508 g/mol. The van der Waals surface area contributed by atoms with E-state index in [9.17, 15) is 29.3 Å². The van der Waals surface area contributed by atoms with Gasteiger partial charge >= 0.3 is 23.9 Å². The SMILES string of the molecule is CC(=O)Oc1ccccc1C(=O)OCOC(=O)c1ccc(OCCCCO[N+](=O)[O-])c(OC(=O)[C@H](C)N)c1. The highest BCUT2D eigenvalue weighted by atomic mass is 16.9. The van der Waals surface area contributed by atoms with Crippen LogP contribution in [0.5, 0.6) is 17.2 Å². The number of hydrogen-bond acceptors (Lipinski definition) is 13. The number of carbonyl (C=O) groups excluding carboxylic acids is 4. The fourth-order valence-electron chi connectivity index (χ4n) is 2.74. The number of rotatable bonds is 14. The number of hydrogen-bond donors (Lipinski definition) is 1. The van der Waals surface area contributed by atoms with Crippen LogP contribution in [0.15, 0.2) is 42.5 Å². The maximum absolute atomic E-state index is 12.5. The molecule has 0 radical (unpaired) electrons. The number of ether oxygens (including phenoxy) is 5. The van der Waals surface area contributed by atoms with Gasteiger partial charge in [-0.05, 0) is 50.1 Å². The molecular formula is C24H26N2O12. The molecule has 0 heterocycles. The fourth-order valence-corrected chi connectivity index (χ4v) is 2.74. The summed E-state index contributed by atoms with van der Waals surface area (Å²) in [5.41, 5.74) is 5.44. The van der Waals surface area contributed by atoms with Gasteiger partial charge in [0.15, 0.2) is 11.5 Å². The van der Waals surface area contributed by atoms with Crippen molar-refractivity contribution in [2.75, 3.05) is 20.0 Å². The van der Waals surface area contributed by atoms with Crippen molar-refractivity contribution in [1.29, 1.82) is 0 Å². The minimum Gasteiger partial charge on any atom is -0.490 e. The Labute approximate surface area is 216 Å². The van der Waals surface area contributed by atoms with Gasteiger partial charge in [-0.15, -0.1) is 10.1 Å². The van der Waals surface area contributed by atoms with Gasteiger partial charge in [0.05, 0.1) is 18.8 Å². The number of para-hydroxylation sites is 1. The van der Waals surface area contributed by atoms with Gasteiger partial charge in [-0.2, -0.15) is 0 Å². The Hall–Kier alpha value is -4.72. The van der Waals surface area contributed by atoms with E-state index in [1.807, 2.05) is 0 Å². The van der Waals surface area contributed by atoms with Crippen LogP contribution in [0.25, 0.3) is 0 Å². The minimum atomic E-state index is -0.966. The molecule has 2 aromatic carbocycles. The maximum Gasteiger partial charge on any atom is 0.344 e. The second kappa shape index (κ2) is 14.7. The van der Waals surface area contributed by atoms with E-state index in [0.29, 0.717) is 12.8 Å². The molecule has 2 rings (SSSR count). The van der Waals surface area contributed by atoms with Gasteiger partial charge in [-0.3, -0.25) is 4.79 Å². The Balaban J connectivity index is 2.01. The molecule has 0 spiro atoms. The van der Waals surface area contributed by atoms with Crippen LogP contribution in [-0.2, 0) is 23.9 Å². The lowest BCUT2D eigenvalue weighted by Gasteiger charge is -2.14.